The second kappa shape index (κ2) is 5.42. The number of hydrogen-bond acceptors (Lipinski definition) is 4. The van der Waals surface area contributed by atoms with Gasteiger partial charge in [-0.25, -0.2) is 9.78 Å². The van der Waals surface area contributed by atoms with Crippen molar-refractivity contribution in [3.8, 4) is 0 Å². The number of hydrogen-bond donors (Lipinski definition) is 2. The lowest BCUT2D eigenvalue weighted by Gasteiger charge is -2.34. The Morgan fingerprint density at radius 2 is 2.16 bits per heavy atom. The Morgan fingerprint density at radius 1 is 1.47 bits per heavy atom. The third-order valence-electron chi connectivity index (χ3n) is 3.73. The Hall–Kier alpha value is -1.85. The molecule has 1 aliphatic rings. The molecule has 6 heteroatoms. The van der Waals surface area contributed by atoms with E-state index in [1.807, 2.05) is 6.92 Å². The molecule has 1 aromatic heterocycles. The Morgan fingerprint density at radius 3 is 2.74 bits per heavy atom. The molecular weight excluding hydrogens is 246 g/mol. The van der Waals surface area contributed by atoms with E-state index < -0.39 is 11.5 Å². The van der Waals surface area contributed by atoms with Gasteiger partial charge in [0, 0.05) is 18.9 Å². The summed E-state index contributed by atoms with van der Waals surface area (Å²) in [4.78, 5) is 27.6. The molecule has 2 N–H and O–H groups in total. The molecule has 1 aromatic rings. The summed E-state index contributed by atoms with van der Waals surface area (Å²) in [6, 6.07) is 0. The summed E-state index contributed by atoms with van der Waals surface area (Å²) < 4.78 is 1.51. The molecule has 0 radical (unpaired) electrons. The van der Waals surface area contributed by atoms with Crippen LogP contribution in [0.15, 0.2) is 17.2 Å². The first-order chi connectivity index (χ1) is 9.09. The summed E-state index contributed by atoms with van der Waals surface area (Å²) in [5.41, 5.74) is -1.31. The van der Waals surface area contributed by atoms with Crippen molar-refractivity contribution >= 4 is 11.8 Å². The molecule has 104 valence electrons. The van der Waals surface area contributed by atoms with Gasteiger partial charge in [-0.05, 0) is 19.8 Å². The van der Waals surface area contributed by atoms with Crippen LogP contribution in [0.25, 0.3) is 0 Å². The Bertz CT molecular complexity index is 518. The second-order valence-corrected chi connectivity index (χ2v) is 4.94. The highest BCUT2D eigenvalue weighted by molar-refractivity contribution is 5.82. The summed E-state index contributed by atoms with van der Waals surface area (Å²) in [5.74, 6) is -0.769. The number of aryl methyl sites for hydroxylation is 1. The third kappa shape index (κ3) is 2.62. The maximum Gasteiger partial charge on any atom is 0.329 e. The smallest absolute Gasteiger partial charge is 0.329 e. The van der Waals surface area contributed by atoms with E-state index in [0.29, 0.717) is 19.4 Å². The lowest BCUT2D eigenvalue weighted by molar-refractivity contribution is -0.143. The van der Waals surface area contributed by atoms with Crippen LogP contribution in [0, 0.1) is 0 Å². The van der Waals surface area contributed by atoms with E-state index in [9.17, 15) is 14.7 Å². The molecule has 0 aliphatic heterocycles. The maximum atomic E-state index is 12.1. The Balaban J connectivity index is 2.32. The minimum Gasteiger partial charge on any atom is -0.480 e. The molecule has 0 amide bonds. The first kappa shape index (κ1) is 13.6. The molecule has 0 unspecified atom stereocenters. The topological polar surface area (TPSA) is 84.2 Å². The monoisotopic (exact) mass is 265 g/mol. The van der Waals surface area contributed by atoms with Gasteiger partial charge in [0.2, 0.25) is 0 Å². The fraction of sp³-hybridized carbons (Fsp3) is 0.615. The molecule has 6 nitrogen and oxygen atoms in total. The van der Waals surface area contributed by atoms with E-state index in [2.05, 4.69) is 10.3 Å². The molecule has 0 bridgehead atoms. The van der Waals surface area contributed by atoms with Gasteiger partial charge in [-0.2, -0.15) is 0 Å². The van der Waals surface area contributed by atoms with E-state index >= 15 is 0 Å². The van der Waals surface area contributed by atoms with Crippen molar-refractivity contribution in [2.75, 3.05) is 5.32 Å². The summed E-state index contributed by atoms with van der Waals surface area (Å²) in [7, 11) is 0. The highest BCUT2D eigenvalue weighted by Gasteiger charge is 2.40. The van der Waals surface area contributed by atoms with Crippen LogP contribution in [-0.4, -0.2) is 26.2 Å². The van der Waals surface area contributed by atoms with Gasteiger partial charge in [0.05, 0.1) is 0 Å². The predicted molar refractivity (Wildman–Crippen MR) is 71.2 cm³/mol. The van der Waals surface area contributed by atoms with Crippen LogP contribution >= 0.6 is 0 Å². The van der Waals surface area contributed by atoms with Gasteiger partial charge < -0.3 is 15.0 Å². The fourth-order valence-corrected chi connectivity index (χ4v) is 2.56. The van der Waals surface area contributed by atoms with Gasteiger partial charge in [-0.1, -0.05) is 19.3 Å². The van der Waals surface area contributed by atoms with Crippen molar-refractivity contribution in [3.05, 3.63) is 22.7 Å². The number of carbonyl (C=O) groups is 1. The summed E-state index contributed by atoms with van der Waals surface area (Å²) in [6.07, 6.45) is 6.93. The molecule has 0 atom stereocenters. The van der Waals surface area contributed by atoms with Crippen LogP contribution in [0.1, 0.15) is 39.0 Å². The number of rotatable bonds is 4. The number of carboxylic acids is 1. The summed E-state index contributed by atoms with van der Waals surface area (Å²) in [5, 5.41) is 12.4. The molecule has 0 aromatic carbocycles. The van der Waals surface area contributed by atoms with E-state index in [1.54, 1.807) is 6.20 Å². The highest BCUT2D eigenvalue weighted by atomic mass is 16.4. The molecule has 0 spiro atoms. The van der Waals surface area contributed by atoms with Crippen molar-refractivity contribution in [2.24, 2.45) is 0 Å². The van der Waals surface area contributed by atoms with E-state index in [-0.39, 0.29) is 11.4 Å². The highest BCUT2D eigenvalue weighted by Crippen LogP contribution is 2.30. The van der Waals surface area contributed by atoms with Crippen LogP contribution in [0.5, 0.6) is 0 Å². The van der Waals surface area contributed by atoms with Gasteiger partial charge in [-0.3, -0.25) is 4.79 Å². The largest absolute Gasteiger partial charge is 0.480 e. The van der Waals surface area contributed by atoms with Crippen LogP contribution in [0.4, 0.5) is 5.82 Å². The van der Waals surface area contributed by atoms with Crippen molar-refractivity contribution < 1.29 is 9.90 Å². The number of anilines is 1. The summed E-state index contributed by atoms with van der Waals surface area (Å²) >= 11 is 0. The number of carboxylic acid groups (broad SMARTS) is 1. The van der Waals surface area contributed by atoms with Crippen LogP contribution in [0.2, 0.25) is 0 Å². The average Bonchev–Trinajstić information content (AvgIpc) is 2.42. The Kier molecular flexibility index (Phi) is 3.87. The first-order valence-electron chi connectivity index (χ1n) is 6.66. The van der Waals surface area contributed by atoms with E-state index in [0.717, 1.165) is 19.3 Å². The predicted octanol–water partition coefficient (Wildman–Crippen LogP) is 1.46. The molecule has 1 fully saturated rings. The molecular formula is C13H19N3O3. The van der Waals surface area contributed by atoms with Gasteiger partial charge >= 0.3 is 5.97 Å². The zero-order chi connectivity index (χ0) is 13.9. The first-order valence-corrected chi connectivity index (χ1v) is 6.66. The summed E-state index contributed by atoms with van der Waals surface area (Å²) in [6.45, 7) is 2.40. The van der Waals surface area contributed by atoms with Crippen LogP contribution in [-0.2, 0) is 11.3 Å². The average molecular weight is 265 g/mol. The van der Waals surface area contributed by atoms with Crippen molar-refractivity contribution in [1.82, 2.24) is 9.55 Å². The van der Waals surface area contributed by atoms with Crippen molar-refractivity contribution in [3.63, 3.8) is 0 Å². The van der Waals surface area contributed by atoms with Gasteiger partial charge in [0.15, 0.2) is 5.82 Å². The standard InChI is InChI=1S/C13H19N3O3/c1-2-16-9-8-14-10(11(16)17)15-13(12(18)19)6-4-3-5-7-13/h8-9H,2-7H2,1H3,(H,14,15)(H,18,19). The molecule has 1 aliphatic carbocycles. The number of aliphatic carboxylic acids is 1. The van der Waals surface area contributed by atoms with Crippen LogP contribution in [0.3, 0.4) is 0 Å². The number of nitrogens with zero attached hydrogens (tertiary/aromatic N) is 2. The second-order valence-electron chi connectivity index (χ2n) is 4.94. The quantitative estimate of drug-likeness (QED) is 0.861. The molecule has 0 saturated heterocycles. The minimum atomic E-state index is -1.04. The number of nitrogens with one attached hydrogen (secondary N) is 1. The Labute approximate surface area is 111 Å². The van der Waals surface area contributed by atoms with Gasteiger partial charge in [0.25, 0.3) is 5.56 Å². The van der Waals surface area contributed by atoms with E-state index in [1.165, 1.54) is 10.8 Å². The van der Waals surface area contributed by atoms with Crippen molar-refractivity contribution in [2.45, 2.75) is 51.1 Å². The molecule has 1 saturated carbocycles. The fourth-order valence-electron chi connectivity index (χ4n) is 2.56. The van der Waals surface area contributed by atoms with Crippen LogP contribution < -0.4 is 10.9 Å². The zero-order valence-electron chi connectivity index (χ0n) is 11.1. The molecule has 19 heavy (non-hydrogen) atoms. The lowest BCUT2D eigenvalue weighted by Crippen LogP contribution is -2.49. The van der Waals surface area contributed by atoms with Gasteiger partial charge in [0.1, 0.15) is 5.54 Å². The third-order valence-corrected chi connectivity index (χ3v) is 3.73. The van der Waals surface area contributed by atoms with Gasteiger partial charge in [-0.15, -0.1) is 0 Å². The molecule has 2 rings (SSSR count). The maximum absolute atomic E-state index is 12.1. The van der Waals surface area contributed by atoms with Crippen molar-refractivity contribution in [1.29, 1.82) is 0 Å². The van der Waals surface area contributed by atoms with E-state index in [4.69, 9.17) is 0 Å². The minimum absolute atomic E-state index is 0.133. The zero-order valence-corrected chi connectivity index (χ0v) is 11.1. The molecule has 1 heterocycles. The SMILES string of the molecule is CCn1ccnc(NC2(C(=O)O)CCCCC2)c1=O. The lowest BCUT2D eigenvalue weighted by atomic mass is 9.81. The normalized spacial score (nSPS) is 17.9. The number of aromatic nitrogens is 2.